The van der Waals surface area contributed by atoms with Gasteiger partial charge >= 0.3 is 0 Å². The molecule has 0 amide bonds. The molecule has 1 aromatic heterocycles. The minimum absolute atomic E-state index is 0.199. The third-order valence-corrected chi connectivity index (χ3v) is 5.59. The van der Waals surface area contributed by atoms with Crippen LogP contribution in [-0.4, -0.2) is 38.7 Å². The van der Waals surface area contributed by atoms with E-state index in [1.165, 1.54) is 18.4 Å². The van der Waals surface area contributed by atoms with E-state index in [4.69, 9.17) is 4.99 Å². The van der Waals surface area contributed by atoms with Crippen molar-refractivity contribution in [2.75, 3.05) is 13.1 Å². The Kier molecular flexibility index (Phi) is 6.70. The van der Waals surface area contributed by atoms with E-state index in [0.29, 0.717) is 6.54 Å². The van der Waals surface area contributed by atoms with Gasteiger partial charge in [-0.3, -0.25) is 0 Å². The molecule has 0 bridgehead atoms. The fraction of sp³-hybridized carbons (Fsp3) is 0.591. The first-order valence-corrected chi connectivity index (χ1v) is 10.4. The predicted octanol–water partition coefficient (Wildman–Crippen LogP) is 3.70. The maximum absolute atomic E-state index is 4.94. The van der Waals surface area contributed by atoms with Crippen molar-refractivity contribution in [3.63, 3.8) is 0 Å². The van der Waals surface area contributed by atoms with Gasteiger partial charge in [0.25, 0.3) is 0 Å². The molecule has 6 nitrogen and oxygen atoms in total. The Balaban J connectivity index is 1.75. The molecule has 0 spiro atoms. The topological polar surface area (TPSA) is 58.3 Å². The van der Waals surface area contributed by atoms with Crippen LogP contribution in [0.15, 0.2) is 35.3 Å². The Hall–Kier alpha value is -2.37. The molecule has 3 rings (SSSR count). The summed E-state index contributed by atoms with van der Waals surface area (Å²) in [6, 6.07) is 10.7. The van der Waals surface area contributed by atoms with E-state index in [-0.39, 0.29) is 6.04 Å². The number of nitrogens with zero attached hydrogens (tertiary/aromatic N) is 5. The smallest absolute Gasteiger partial charge is 0.194 e. The van der Waals surface area contributed by atoms with Crippen LogP contribution in [0.1, 0.15) is 56.9 Å². The molecule has 1 N–H and O–H groups in total. The molecule has 2 aromatic rings. The lowest BCUT2D eigenvalue weighted by Gasteiger charge is -2.26. The quantitative estimate of drug-likeness (QED) is 0.611. The minimum atomic E-state index is 0.199. The molecule has 2 unspecified atom stereocenters. The van der Waals surface area contributed by atoms with Gasteiger partial charge in [-0.15, -0.1) is 10.2 Å². The number of hydrogen-bond donors (Lipinski definition) is 1. The molecular formula is C22H34N6. The molecule has 152 valence electrons. The second-order valence-corrected chi connectivity index (χ2v) is 8.37. The third-order valence-electron chi connectivity index (χ3n) is 5.59. The maximum atomic E-state index is 4.94. The molecule has 1 aliphatic heterocycles. The first-order valence-electron chi connectivity index (χ1n) is 10.4. The van der Waals surface area contributed by atoms with Crippen molar-refractivity contribution in [1.29, 1.82) is 0 Å². The number of guanidine groups is 1. The Labute approximate surface area is 169 Å². The summed E-state index contributed by atoms with van der Waals surface area (Å²) in [5, 5.41) is 12.1. The van der Waals surface area contributed by atoms with Gasteiger partial charge in [-0.25, -0.2) is 4.99 Å². The van der Waals surface area contributed by atoms with Crippen molar-refractivity contribution in [3.05, 3.63) is 47.5 Å². The van der Waals surface area contributed by atoms with Crippen LogP contribution in [0.2, 0.25) is 0 Å². The SMILES string of the molecule is Cc1nnc(CN=C(NC(C)c2ccccc2)N2CCC(CC(C)C)C2)n1C. The molecule has 2 heterocycles. The Bertz CT molecular complexity index is 780. The van der Waals surface area contributed by atoms with E-state index in [0.717, 1.165) is 42.5 Å². The van der Waals surface area contributed by atoms with Crippen LogP contribution in [0.25, 0.3) is 0 Å². The summed E-state index contributed by atoms with van der Waals surface area (Å²) in [5.74, 6) is 4.26. The summed E-state index contributed by atoms with van der Waals surface area (Å²) in [6.45, 7) is 11.4. The molecule has 2 atom stereocenters. The Morgan fingerprint density at radius 1 is 1.21 bits per heavy atom. The predicted molar refractivity (Wildman–Crippen MR) is 114 cm³/mol. The number of aromatic nitrogens is 3. The van der Waals surface area contributed by atoms with Gasteiger partial charge in [0.2, 0.25) is 0 Å². The van der Waals surface area contributed by atoms with Crippen LogP contribution in [0.3, 0.4) is 0 Å². The Morgan fingerprint density at radius 3 is 2.61 bits per heavy atom. The summed E-state index contributed by atoms with van der Waals surface area (Å²) >= 11 is 0. The lowest BCUT2D eigenvalue weighted by atomic mass is 9.97. The van der Waals surface area contributed by atoms with Gasteiger partial charge in [0.15, 0.2) is 11.8 Å². The molecule has 1 saturated heterocycles. The van der Waals surface area contributed by atoms with Gasteiger partial charge in [0.1, 0.15) is 12.4 Å². The summed E-state index contributed by atoms with van der Waals surface area (Å²) in [5.41, 5.74) is 1.27. The van der Waals surface area contributed by atoms with E-state index in [1.807, 2.05) is 18.5 Å². The normalized spacial score (nSPS) is 18.7. The van der Waals surface area contributed by atoms with E-state index in [9.17, 15) is 0 Å². The summed E-state index contributed by atoms with van der Waals surface area (Å²) < 4.78 is 2.01. The van der Waals surface area contributed by atoms with Gasteiger partial charge in [-0.1, -0.05) is 44.2 Å². The van der Waals surface area contributed by atoms with E-state index >= 15 is 0 Å². The highest BCUT2D eigenvalue weighted by Crippen LogP contribution is 2.24. The third kappa shape index (κ3) is 5.12. The highest BCUT2D eigenvalue weighted by Gasteiger charge is 2.26. The Morgan fingerprint density at radius 2 is 1.96 bits per heavy atom. The summed E-state index contributed by atoms with van der Waals surface area (Å²) in [4.78, 5) is 7.35. The standard InChI is InChI=1S/C22H34N6/c1-16(2)13-19-11-12-28(15-19)22(23-14-21-26-25-18(4)27(21)5)24-17(3)20-9-7-6-8-10-20/h6-10,16-17,19H,11-15H2,1-5H3,(H,23,24). The molecule has 1 fully saturated rings. The van der Waals surface area contributed by atoms with Gasteiger partial charge in [0.05, 0.1) is 6.04 Å². The van der Waals surface area contributed by atoms with Crippen molar-refractivity contribution in [2.24, 2.45) is 23.9 Å². The molecule has 0 aliphatic carbocycles. The number of aliphatic imine (C=N–C) groups is 1. The highest BCUT2D eigenvalue weighted by molar-refractivity contribution is 5.80. The monoisotopic (exact) mass is 382 g/mol. The minimum Gasteiger partial charge on any atom is -0.350 e. The van der Waals surface area contributed by atoms with Crippen LogP contribution in [-0.2, 0) is 13.6 Å². The summed E-state index contributed by atoms with van der Waals surface area (Å²) in [7, 11) is 1.99. The van der Waals surface area contributed by atoms with Crippen molar-refractivity contribution >= 4 is 5.96 Å². The van der Waals surface area contributed by atoms with Crippen LogP contribution < -0.4 is 5.32 Å². The second-order valence-electron chi connectivity index (χ2n) is 8.37. The zero-order valence-electron chi connectivity index (χ0n) is 17.9. The first kappa shape index (κ1) is 20.4. The number of benzene rings is 1. The highest BCUT2D eigenvalue weighted by atomic mass is 15.3. The van der Waals surface area contributed by atoms with Crippen molar-refractivity contribution in [3.8, 4) is 0 Å². The maximum Gasteiger partial charge on any atom is 0.194 e. The van der Waals surface area contributed by atoms with Crippen LogP contribution >= 0.6 is 0 Å². The van der Waals surface area contributed by atoms with Crippen LogP contribution in [0.5, 0.6) is 0 Å². The van der Waals surface area contributed by atoms with E-state index < -0.39 is 0 Å². The molecule has 1 aromatic carbocycles. The van der Waals surface area contributed by atoms with E-state index in [1.54, 1.807) is 0 Å². The number of hydrogen-bond acceptors (Lipinski definition) is 3. The fourth-order valence-electron chi connectivity index (χ4n) is 3.87. The van der Waals surface area contributed by atoms with Crippen LogP contribution in [0.4, 0.5) is 0 Å². The fourth-order valence-corrected chi connectivity index (χ4v) is 3.87. The average molecular weight is 383 g/mol. The molecular weight excluding hydrogens is 348 g/mol. The number of rotatable bonds is 6. The second kappa shape index (κ2) is 9.22. The van der Waals surface area contributed by atoms with E-state index in [2.05, 4.69) is 71.5 Å². The molecule has 0 saturated carbocycles. The molecule has 28 heavy (non-hydrogen) atoms. The lowest BCUT2D eigenvalue weighted by molar-refractivity contribution is 0.400. The zero-order chi connectivity index (χ0) is 20.1. The van der Waals surface area contributed by atoms with Gasteiger partial charge in [-0.2, -0.15) is 0 Å². The zero-order valence-corrected chi connectivity index (χ0v) is 17.9. The van der Waals surface area contributed by atoms with Gasteiger partial charge < -0.3 is 14.8 Å². The van der Waals surface area contributed by atoms with Crippen molar-refractivity contribution < 1.29 is 0 Å². The van der Waals surface area contributed by atoms with Gasteiger partial charge in [0, 0.05) is 20.1 Å². The summed E-state index contributed by atoms with van der Waals surface area (Å²) in [6.07, 6.45) is 2.52. The number of aryl methyl sites for hydroxylation is 1. The largest absolute Gasteiger partial charge is 0.350 e. The first-order chi connectivity index (χ1) is 13.4. The average Bonchev–Trinajstić information content (AvgIpc) is 3.26. The van der Waals surface area contributed by atoms with Crippen molar-refractivity contribution in [1.82, 2.24) is 25.0 Å². The number of nitrogens with one attached hydrogen (secondary N) is 1. The molecule has 6 heteroatoms. The lowest BCUT2D eigenvalue weighted by Crippen LogP contribution is -2.41. The van der Waals surface area contributed by atoms with Crippen molar-refractivity contribution in [2.45, 2.75) is 53.1 Å². The number of likely N-dealkylation sites (tertiary alicyclic amines) is 1. The molecule has 0 radical (unpaired) electrons. The van der Waals surface area contributed by atoms with Crippen LogP contribution in [0, 0.1) is 18.8 Å². The van der Waals surface area contributed by atoms with Gasteiger partial charge in [-0.05, 0) is 44.1 Å². The molecule has 1 aliphatic rings.